The molecule has 0 spiro atoms. The van der Waals surface area contributed by atoms with E-state index >= 15 is 0 Å². The van der Waals surface area contributed by atoms with Crippen LogP contribution < -0.4 is 5.56 Å². The van der Waals surface area contributed by atoms with Crippen molar-refractivity contribution < 1.29 is 0 Å². The molecule has 0 fully saturated rings. The van der Waals surface area contributed by atoms with Crippen LogP contribution in [0.5, 0.6) is 0 Å². The lowest BCUT2D eigenvalue weighted by atomic mass is 9.88. The molecule has 0 radical (unpaired) electrons. The van der Waals surface area contributed by atoms with Crippen molar-refractivity contribution >= 4 is 0 Å². The topological polar surface area (TPSA) is 37.8 Å². The van der Waals surface area contributed by atoms with Gasteiger partial charge in [0.2, 0.25) is 0 Å². The molecule has 1 aromatic rings. The fourth-order valence-corrected chi connectivity index (χ4v) is 1.80. The second-order valence-corrected chi connectivity index (χ2v) is 5.18. The highest BCUT2D eigenvalue weighted by molar-refractivity contribution is 5.24. The van der Waals surface area contributed by atoms with Crippen molar-refractivity contribution in [1.82, 2.24) is 9.78 Å². The first-order valence-electron chi connectivity index (χ1n) is 5.66. The zero-order valence-corrected chi connectivity index (χ0v) is 10.5. The molecular formula is C12H22N2O. The summed E-state index contributed by atoms with van der Waals surface area (Å²) < 4.78 is 1.59. The highest BCUT2D eigenvalue weighted by Gasteiger charge is 2.22. The van der Waals surface area contributed by atoms with Crippen molar-refractivity contribution in [2.24, 2.45) is 7.05 Å². The molecule has 0 saturated heterocycles. The maximum Gasteiger partial charge on any atom is 0.269 e. The molecule has 1 heterocycles. The van der Waals surface area contributed by atoms with Gasteiger partial charge in [0.15, 0.2) is 0 Å². The highest BCUT2D eigenvalue weighted by atomic mass is 16.1. The van der Waals surface area contributed by atoms with Crippen molar-refractivity contribution in [2.45, 2.75) is 52.4 Å². The Morgan fingerprint density at radius 2 is 1.93 bits per heavy atom. The minimum atomic E-state index is 0.0174. The van der Waals surface area contributed by atoms with Crippen LogP contribution in [0.2, 0.25) is 0 Å². The van der Waals surface area contributed by atoms with Crippen LogP contribution in [-0.4, -0.2) is 9.78 Å². The van der Waals surface area contributed by atoms with Crippen LogP contribution in [-0.2, 0) is 18.9 Å². The van der Waals surface area contributed by atoms with E-state index in [0.29, 0.717) is 0 Å². The van der Waals surface area contributed by atoms with Crippen LogP contribution in [0.25, 0.3) is 0 Å². The SMILES string of the molecule is CCCCc1c(C(C)(C)C)[nH]n(C)c1=O. The van der Waals surface area contributed by atoms with Gasteiger partial charge in [-0.3, -0.25) is 14.6 Å². The highest BCUT2D eigenvalue weighted by Crippen LogP contribution is 2.22. The first kappa shape index (κ1) is 12.1. The lowest BCUT2D eigenvalue weighted by Gasteiger charge is -2.18. The number of hydrogen-bond acceptors (Lipinski definition) is 1. The molecule has 1 rings (SSSR count). The van der Waals surface area contributed by atoms with E-state index in [1.165, 1.54) is 0 Å². The van der Waals surface area contributed by atoms with E-state index in [0.717, 1.165) is 30.5 Å². The van der Waals surface area contributed by atoms with Crippen LogP contribution in [0.3, 0.4) is 0 Å². The quantitative estimate of drug-likeness (QED) is 0.817. The summed E-state index contributed by atoms with van der Waals surface area (Å²) in [6.45, 7) is 8.54. The average molecular weight is 210 g/mol. The second-order valence-electron chi connectivity index (χ2n) is 5.18. The molecule has 0 aliphatic carbocycles. The van der Waals surface area contributed by atoms with Gasteiger partial charge in [0, 0.05) is 23.7 Å². The maximum atomic E-state index is 11.9. The van der Waals surface area contributed by atoms with E-state index in [1.807, 2.05) is 0 Å². The third kappa shape index (κ3) is 2.52. The molecule has 0 aliphatic heterocycles. The van der Waals surface area contributed by atoms with Crippen molar-refractivity contribution in [3.63, 3.8) is 0 Å². The molecule has 0 saturated carbocycles. The monoisotopic (exact) mass is 210 g/mol. The van der Waals surface area contributed by atoms with Crippen LogP contribution >= 0.6 is 0 Å². The van der Waals surface area contributed by atoms with Gasteiger partial charge in [0.1, 0.15) is 0 Å². The molecule has 0 bridgehead atoms. The Kier molecular flexibility index (Phi) is 3.42. The first-order chi connectivity index (χ1) is 6.88. The van der Waals surface area contributed by atoms with Gasteiger partial charge in [-0.25, -0.2) is 0 Å². The Morgan fingerprint density at radius 1 is 1.33 bits per heavy atom. The molecule has 3 heteroatoms. The number of nitrogens with one attached hydrogen (secondary N) is 1. The summed E-state index contributed by atoms with van der Waals surface area (Å²) in [4.78, 5) is 11.9. The standard InChI is InChI=1S/C12H22N2O/c1-6-7-8-9-10(12(2,3)4)13-14(5)11(9)15/h13H,6-8H2,1-5H3. The Balaban J connectivity index is 3.16. The Bertz CT molecular complexity index is 379. The first-order valence-corrected chi connectivity index (χ1v) is 5.66. The van der Waals surface area contributed by atoms with Gasteiger partial charge in [0.25, 0.3) is 5.56 Å². The van der Waals surface area contributed by atoms with Crippen molar-refractivity contribution in [3.8, 4) is 0 Å². The van der Waals surface area contributed by atoms with Crippen LogP contribution in [0.1, 0.15) is 51.8 Å². The van der Waals surface area contributed by atoms with Gasteiger partial charge < -0.3 is 0 Å². The van der Waals surface area contributed by atoms with Gasteiger partial charge >= 0.3 is 0 Å². The summed E-state index contributed by atoms with van der Waals surface area (Å²) in [7, 11) is 1.78. The molecule has 3 nitrogen and oxygen atoms in total. The van der Waals surface area contributed by atoms with Crippen molar-refractivity contribution in [1.29, 1.82) is 0 Å². The fraction of sp³-hybridized carbons (Fsp3) is 0.750. The molecule has 0 aliphatic rings. The van der Waals surface area contributed by atoms with Gasteiger partial charge in [-0.2, -0.15) is 0 Å². The predicted octanol–water partition coefficient (Wildman–Crippen LogP) is 2.35. The fourth-order valence-electron chi connectivity index (χ4n) is 1.80. The molecule has 0 atom stereocenters. The Hall–Kier alpha value is -0.990. The van der Waals surface area contributed by atoms with E-state index in [4.69, 9.17) is 0 Å². The Morgan fingerprint density at radius 3 is 2.40 bits per heavy atom. The maximum absolute atomic E-state index is 11.9. The molecule has 1 N–H and O–H groups in total. The van der Waals surface area contributed by atoms with Crippen LogP contribution in [0, 0.1) is 0 Å². The number of hydrogen-bond donors (Lipinski definition) is 1. The summed E-state index contributed by atoms with van der Waals surface area (Å²) in [5.41, 5.74) is 2.20. The number of aromatic amines is 1. The predicted molar refractivity (Wildman–Crippen MR) is 63.3 cm³/mol. The average Bonchev–Trinajstić information content (AvgIpc) is 2.40. The minimum Gasteiger partial charge on any atom is -0.299 e. The number of unbranched alkanes of at least 4 members (excludes halogenated alkanes) is 1. The summed E-state index contributed by atoms with van der Waals surface area (Å²) in [5, 5.41) is 3.17. The van der Waals surface area contributed by atoms with Gasteiger partial charge in [-0.05, 0) is 12.8 Å². The molecular weight excluding hydrogens is 188 g/mol. The smallest absolute Gasteiger partial charge is 0.269 e. The third-order valence-corrected chi connectivity index (χ3v) is 2.67. The van der Waals surface area contributed by atoms with Crippen LogP contribution in [0.15, 0.2) is 4.79 Å². The number of rotatable bonds is 3. The molecule has 1 aromatic heterocycles. The summed E-state index contributed by atoms with van der Waals surface area (Å²) in [5.74, 6) is 0. The zero-order chi connectivity index (χ0) is 11.6. The molecule has 15 heavy (non-hydrogen) atoms. The molecule has 86 valence electrons. The van der Waals surface area contributed by atoms with E-state index in [9.17, 15) is 4.79 Å². The van der Waals surface area contributed by atoms with Crippen LogP contribution in [0.4, 0.5) is 0 Å². The summed E-state index contributed by atoms with van der Waals surface area (Å²) >= 11 is 0. The van der Waals surface area contributed by atoms with E-state index in [1.54, 1.807) is 11.7 Å². The summed E-state index contributed by atoms with van der Waals surface area (Å²) in [6.07, 6.45) is 3.09. The molecule has 0 aromatic carbocycles. The molecule has 0 unspecified atom stereocenters. The lowest BCUT2D eigenvalue weighted by Crippen LogP contribution is -2.17. The third-order valence-electron chi connectivity index (χ3n) is 2.67. The Labute approximate surface area is 91.5 Å². The minimum absolute atomic E-state index is 0.0174. The number of aromatic nitrogens is 2. The van der Waals surface area contributed by atoms with Crippen molar-refractivity contribution in [2.75, 3.05) is 0 Å². The normalized spacial score (nSPS) is 12.1. The number of H-pyrrole nitrogens is 1. The zero-order valence-electron chi connectivity index (χ0n) is 10.5. The number of nitrogens with zero attached hydrogens (tertiary/aromatic N) is 1. The lowest BCUT2D eigenvalue weighted by molar-refractivity contribution is 0.546. The van der Waals surface area contributed by atoms with Gasteiger partial charge in [-0.1, -0.05) is 34.1 Å². The van der Waals surface area contributed by atoms with E-state index in [-0.39, 0.29) is 11.0 Å². The summed E-state index contributed by atoms with van der Waals surface area (Å²) in [6, 6.07) is 0. The number of aryl methyl sites for hydroxylation is 1. The van der Waals surface area contributed by atoms with Gasteiger partial charge in [-0.15, -0.1) is 0 Å². The van der Waals surface area contributed by atoms with Crippen molar-refractivity contribution in [3.05, 3.63) is 21.6 Å². The van der Waals surface area contributed by atoms with E-state index in [2.05, 4.69) is 32.8 Å². The largest absolute Gasteiger partial charge is 0.299 e. The second kappa shape index (κ2) is 4.25. The van der Waals surface area contributed by atoms with E-state index < -0.39 is 0 Å². The molecule has 0 amide bonds. The van der Waals surface area contributed by atoms with Gasteiger partial charge in [0.05, 0.1) is 0 Å².